The van der Waals surface area contributed by atoms with Crippen LogP contribution in [0.4, 0.5) is 5.82 Å². The van der Waals surface area contributed by atoms with Gasteiger partial charge in [0.25, 0.3) is 0 Å². The van der Waals surface area contributed by atoms with Crippen molar-refractivity contribution in [3.63, 3.8) is 0 Å². The molecule has 2 heterocycles. The molecule has 1 aliphatic rings. The third-order valence-electron chi connectivity index (χ3n) is 3.37. The summed E-state index contributed by atoms with van der Waals surface area (Å²) < 4.78 is 10.5. The standard InChI is InChI=1S/C15H17N3O2/c1-19-13-4-2-12(3-5-13)14-6-7-15(17-16-14)18-8-10-20-11-9-18/h2-7H,8-11H2,1H3. The highest BCUT2D eigenvalue weighted by Gasteiger charge is 2.12. The van der Waals surface area contributed by atoms with Gasteiger partial charge in [-0.15, -0.1) is 10.2 Å². The van der Waals surface area contributed by atoms with E-state index < -0.39 is 0 Å². The third-order valence-corrected chi connectivity index (χ3v) is 3.37. The largest absolute Gasteiger partial charge is 0.497 e. The van der Waals surface area contributed by atoms with Crippen molar-refractivity contribution < 1.29 is 9.47 Å². The van der Waals surface area contributed by atoms with E-state index in [9.17, 15) is 0 Å². The second kappa shape index (κ2) is 5.88. The number of morpholine rings is 1. The Morgan fingerprint density at radius 1 is 1.00 bits per heavy atom. The van der Waals surface area contributed by atoms with Gasteiger partial charge in [-0.1, -0.05) is 0 Å². The van der Waals surface area contributed by atoms with Crippen molar-refractivity contribution >= 4 is 5.82 Å². The van der Waals surface area contributed by atoms with Crippen LogP contribution in [0.25, 0.3) is 11.3 Å². The smallest absolute Gasteiger partial charge is 0.151 e. The second-order valence-corrected chi connectivity index (χ2v) is 4.60. The molecule has 0 N–H and O–H groups in total. The first-order chi connectivity index (χ1) is 9.86. The Bertz CT molecular complexity index is 548. The molecule has 3 rings (SSSR count). The number of nitrogens with zero attached hydrogens (tertiary/aromatic N) is 3. The molecule has 0 bridgehead atoms. The minimum absolute atomic E-state index is 0.752. The van der Waals surface area contributed by atoms with Gasteiger partial charge in [0, 0.05) is 18.7 Å². The highest BCUT2D eigenvalue weighted by Crippen LogP contribution is 2.21. The van der Waals surface area contributed by atoms with Gasteiger partial charge in [0.05, 0.1) is 26.0 Å². The Hall–Kier alpha value is -2.14. The lowest BCUT2D eigenvalue weighted by molar-refractivity contribution is 0.122. The number of aromatic nitrogens is 2. The minimum Gasteiger partial charge on any atom is -0.497 e. The summed E-state index contributed by atoms with van der Waals surface area (Å²) in [5.74, 6) is 1.75. The van der Waals surface area contributed by atoms with Crippen molar-refractivity contribution in [2.75, 3.05) is 38.3 Å². The van der Waals surface area contributed by atoms with Crippen LogP contribution in [0.5, 0.6) is 5.75 Å². The normalized spacial score (nSPS) is 15.2. The molecule has 5 heteroatoms. The maximum atomic E-state index is 5.33. The van der Waals surface area contributed by atoms with E-state index in [4.69, 9.17) is 9.47 Å². The molecule has 0 unspecified atom stereocenters. The van der Waals surface area contributed by atoms with Crippen molar-refractivity contribution in [1.29, 1.82) is 0 Å². The number of methoxy groups -OCH3 is 1. The molecule has 2 aromatic rings. The number of hydrogen-bond acceptors (Lipinski definition) is 5. The molecule has 1 aliphatic heterocycles. The third kappa shape index (κ3) is 2.72. The quantitative estimate of drug-likeness (QED) is 0.854. The van der Waals surface area contributed by atoms with E-state index in [1.807, 2.05) is 36.4 Å². The number of benzene rings is 1. The van der Waals surface area contributed by atoms with Gasteiger partial charge >= 0.3 is 0 Å². The molecule has 5 nitrogen and oxygen atoms in total. The summed E-state index contributed by atoms with van der Waals surface area (Å²) in [6, 6.07) is 11.8. The van der Waals surface area contributed by atoms with Crippen LogP contribution in [-0.4, -0.2) is 43.6 Å². The maximum Gasteiger partial charge on any atom is 0.151 e. The SMILES string of the molecule is COc1ccc(-c2ccc(N3CCOCC3)nn2)cc1. The van der Waals surface area contributed by atoms with Gasteiger partial charge in [-0.25, -0.2) is 0 Å². The average Bonchev–Trinajstić information content (AvgIpc) is 2.56. The average molecular weight is 271 g/mol. The number of hydrogen-bond donors (Lipinski definition) is 0. The van der Waals surface area contributed by atoms with Crippen LogP contribution in [0.3, 0.4) is 0 Å². The summed E-state index contributed by atoms with van der Waals surface area (Å²) in [4.78, 5) is 2.19. The van der Waals surface area contributed by atoms with Gasteiger partial charge in [0.2, 0.25) is 0 Å². The van der Waals surface area contributed by atoms with Crippen LogP contribution in [0.2, 0.25) is 0 Å². The molecule has 0 saturated carbocycles. The fraction of sp³-hybridized carbons (Fsp3) is 0.333. The predicted octanol–water partition coefficient (Wildman–Crippen LogP) is 1.99. The monoisotopic (exact) mass is 271 g/mol. The highest BCUT2D eigenvalue weighted by molar-refractivity contribution is 5.60. The molecule has 0 amide bonds. The molecular weight excluding hydrogens is 254 g/mol. The van der Waals surface area contributed by atoms with Crippen molar-refractivity contribution in [1.82, 2.24) is 10.2 Å². The van der Waals surface area contributed by atoms with Crippen molar-refractivity contribution in [2.45, 2.75) is 0 Å². The van der Waals surface area contributed by atoms with E-state index in [1.165, 1.54) is 0 Å². The van der Waals surface area contributed by atoms with E-state index in [1.54, 1.807) is 7.11 Å². The van der Waals surface area contributed by atoms with Crippen LogP contribution >= 0.6 is 0 Å². The Labute approximate surface area is 118 Å². The minimum atomic E-state index is 0.752. The van der Waals surface area contributed by atoms with E-state index in [-0.39, 0.29) is 0 Å². The lowest BCUT2D eigenvalue weighted by Crippen LogP contribution is -2.36. The molecule has 0 radical (unpaired) electrons. The Morgan fingerprint density at radius 2 is 1.75 bits per heavy atom. The van der Waals surface area contributed by atoms with Crippen molar-refractivity contribution in [3.8, 4) is 17.0 Å². The molecule has 0 atom stereocenters. The first kappa shape index (κ1) is 12.9. The van der Waals surface area contributed by atoms with E-state index in [0.29, 0.717) is 0 Å². The van der Waals surface area contributed by atoms with Gasteiger partial charge in [-0.2, -0.15) is 0 Å². The first-order valence-electron chi connectivity index (χ1n) is 6.68. The van der Waals surface area contributed by atoms with E-state index >= 15 is 0 Å². The van der Waals surface area contributed by atoms with Gasteiger partial charge in [0.15, 0.2) is 5.82 Å². The van der Waals surface area contributed by atoms with Crippen molar-refractivity contribution in [2.24, 2.45) is 0 Å². The Balaban J connectivity index is 1.77. The zero-order valence-corrected chi connectivity index (χ0v) is 11.5. The second-order valence-electron chi connectivity index (χ2n) is 4.60. The summed E-state index contributed by atoms with van der Waals surface area (Å²) >= 11 is 0. The summed E-state index contributed by atoms with van der Waals surface area (Å²) in [7, 11) is 1.66. The van der Waals surface area contributed by atoms with Crippen molar-refractivity contribution in [3.05, 3.63) is 36.4 Å². The molecule has 1 aromatic carbocycles. The molecule has 1 aromatic heterocycles. The zero-order chi connectivity index (χ0) is 13.8. The van der Waals surface area contributed by atoms with Crippen LogP contribution in [0.15, 0.2) is 36.4 Å². The van der Waals surface area contributed by atoms with E-state index in [2.05, 4.69) is 15.1 Å². The summed E-state index contributed by atoms with van der Waals surface area (Å²) in [5, 5.41) is 8.62. The van der Waals surface area contributed by atoms with Gasteiger partial charge < -0.3 is 14.4 Å². The Kier molecular flexibility index (Phi) is 3.78. The van der Waals surface area contributed by atoms with Crippen LogP contribution in [-0.2, 0) is 4.74 Å². The maximum absolute atomic E-state index is 5.33. The number of ether oxygens (including phenoxy) is 2. The summed E-state index contributed by atoms with van der Waals surface area (Å²) in [6.45, 7) is 3.25. The zero-order valence-electron chi connectivity index (χ0n) is 11.5. The molecule has 0 aliphatic carbocycles. The highest BCUT2D eigenvalue weighted by atomic mass is 16.5. The lowest BCUT2D eigenvalue weighted by Gasteiger charge is -2.27. The molecule has 20 heavy (non-hydrogen) atoms. The molecule has 1 fully saturated rings. The lowest BCUT2D eigenvalue weighted by atomic mass is 10.1. The molecule has 104 valence electrons. The molecule has 0 spiro atoms. The molecular formula is C15H17N3O2. The topological polar surface area (TPSA) is 47.5 Å². The van der Waals surface area contributed by atoms with Gasteiger partial charge in [0.1, 0.15) is 5.75 Å². The van der Waals surface area contributed by atoms with Crippen LogP contribution in [0.1, 0.15) is 0 Å². The summed E-state index contributed by atoms with van der Waals surface area (Å²) in [5.41, 5.74) is 1.90. The molecule has 1 saturated heterocycles. The van der Waals surface area contributed by atoms with Crippen LogP contribution < -0.4 is 9.64 Å². The van der Waals surface area contributed by atoms with E-state index in [0.717, 1.165) is 49.1 Å². The number of rotatable bonds is 3. The van der Waals surface area contributed by atoms with Gasteiger partial charge in [-0.05, 0) is 36.4 Å². The fourth-order valence-corrected chi connectivity index (χ4v) is 2.20. The fourth-order valence-electron chi connectivity index (χ4n) is 2.20. The van der Waals surface area contributed by atoms with Gasteiger partial charge in [-0.3, -0.25) is 0 Å². The first-order valence-corrected chi connectivity index (χ1v) is 6.68. The Morgan fingerprint density at radius 3 is 2.35 bits per heavy atom. The summed E-state index contributed by atoms with van der Waals surface area (Å²) in [6.07, 6.45) is 0. The predicted molar refractivity (Wildman–Crippen MR) is 77.1 cm³/mol. The number of anilines is 1. The van der Waals surface area contributed by atoms with Crippen LogP contribution in [0, 0.1) is 0 Å².